The standard InChI is InChI=1S/C19H18O7.K/c20-9-14(21)18(23)15(22)10-25-19(24)12-5-3-7-17-13(12)8-11-4-1-2-6-16(11)26-17;/h1-7,9,14-15,18,21-23H,8,10H2;/t14-,15+,18+;/m0./s1. The van der Waals surface area contributed by atoms with Gasteiger partial charge >= 0.3 is 5.97 Å². The third-order valence-electron chi connectivity index (χ3n) is 4.18. The molecule has 1 radical (unpaired) electrons. The van der Waals surface area contributed by atoms with Gasteiger partial charge in [0.2, 0.25) is 0 Å². The van der Waals surface area contributed by atoms with E-state index in [2.05, 4.69) is 0 Å². The monoisotopic (exact) mass is 397 g/mol. The number of ether oxygens (including phenoxy) is 2. The van der Waals surface area contributed by atoms with Crippen LogP contribution in [-0.2, 0) is 16.0 Å². The summed E-state index contributed by atoms with van der Waals surface area (Å²) in [6.45, 7) is -0.563. The molecule has 1 aliphatic heterocycles. The quantitative estimate of drug-likeness (QED) is 0.314. The maximum absolute atomic E-state index is 12.4. The van der Waals surface area contributed by atoms with Crippen LogP contribution in [0.3, 0.4) is 0 Å². The van der Waals surface area contributed by atoms with E-state index in [1.807, 2.05) is 24.3 Å². The Morgan fingerprint density at radius 1 is 1.11 bits per heavy atom. The largest absolute Gasteiger partial charge is 0.459 e. The van der Waals surface area contributed by atoms with Gasteiger partial charge in [-0.05, 0) is 23.8 Å². The molecule has 1 aliphatic rings. The van der Waals surface area contributed by atoms with Crippen LogP contribution < -0.4 is 4.74 Å². The van der Waals surface area contributed by atoms with E-state index in [0.717, 1.165) is 11.3 Å². The molecule has 27 heavy (non-hydrogen) atoms. The number of esters is 1. The second-order valence-corrected chi connectivity index (χ2v) is 5.95. The average molecular weight is 397 g/mol. The molecule has 0 fully saturated rings. The van der Waals surface area contributed by atoms with Gasteiger partial charge in [0.15, 0.2) is 6.29 Å². The molecule has 0 spiro atoms. The Morgan fingerprint density at radius 3 is 2.56 bits per heavy atom. The fraction of sp³-hybridized carbons (Fsp3) is 0.263. The molecule has 0 saturated heterocycles. The Kier molecular flexibility index (Phi) is 8.14. The molecular formula is C19H18KO7. The summed E-state index contributed by atoms with van der Waals surface area (Å²) in [4.78, 5) is 22.8. The summed E-state index contributed by atoms with van der Waals surface area (Å²) in [7, 11) is 0. The minimum absolute atomic E-state index is 0. The van der Waals surface area contributed by atoms with Gasteiger partial charge in [-0.2, -0.15) is 0 Å². The van der Waals surface area contributed by atoms with E-state index in [-0.39, 0.29) is 63.2 Å². The van der Waals surface area contributed by atoms with Crippen molar-refractivity contribution in [1.29, 1.82) is 0 Å². The van der Waals surface area contributed by atoms with E-state index in [0.29, 0.717) is 17.7 Å². The Bertz CT molecular complexity index is 823. The molecule has 2 aromatic carbocycles. The summed E-state index contributed by atoms with van der Waals surface area (Å²) in [5, 5.41) is 28.4. The van der Waals surface area contributed by atoms with Gasteiger partial charge in [0.1, 0.15) is 36.4 Å². The number of carbonyl (C=O) groups excluding carboxylic acids is 2. The SMILES string of the molecule is O=C[C@H](O)[C@@H](O)[C@H](O)COC(=O)c1cccc2c1Cc1ccccc1O2.[K]. The normalized spacial score (nSPS) is 15.1. The number of hydrogen-bond donors (Lipinski definition) is 3. The van der Waals surface area contributed by atoms with Crippen molar-refractivity contribution in [3.63, 3.8) is 0 Å². The van der Waals surface area contributed by atoms with Crippen molar-refractivity contribution in [1.82, 2.24) is 0 Å². The van der Waals surface area contributed by atoms with Crippen LogP contribution in [0.2, 0.25) is 0 Å². The first-order valence-electron chi connectivity index (χ1n) is 8.05. The maximum atomic E-state index is 12.4. The number of aldehydes is 1. The molecule has 3 rings (SSSR count). The summed E-state index contributed by atoms with van der Waals surface area (Å²) in [5.74, 6) is 0.582. The number of hydrogen-bond acceptors (Lipinski definition) is 7. The van der Waals surface area contributed by atoms with Gasteiger partial charge < -0.3 is 29.6 Å². The molecule has 2 aromatic rings. The minimum Gasteiger partial charge on any atom is -0.459 e. The first-order chi connectivity index (χ1) is 12.5. The molecule has 0 bridgehead atoms. The summed E-state index contributed by atoms with van der Waals surface area (Å²) >= 11 is 0. The van der Waals surface area contributed by atoms with Crippen molar-refractivity contribution in [3.05, 3.63) is 59.2 Å². The second-order valence-electron chi connectivity index (χ2n) is 5.95. The summed E-state index contributed by atoms with van der Waals surface area (Å²) in [6, 6.07) is 12.5. The summed E-state index contributed by atoms with van der Waals surface area (Å²) in [6.07, 6.45) is -4.49. The zero-order valence-corrected chi connectivity index (χ0v) is 17.9. The zero-order valence-electron chi connectivity index (χ0n) is 14.7. The number of fused-ring (bicyclic) bond motifs is 2. The Labute approximate surface area is 198 Å². The summed E-state index contributed by atoms with van der Waals surface area (Å²) < 4.78 is 10.8. The van der Waals surface area contributed by atoms with Gasteiger partial charge in [-0.3, -0.25) is 0 Å². The molecule has 3 atom stereocenters. The number of aliphatic hydroxyl groups excluding tert-OH is 3. The van der Waals surface area contributed by atoms with E-state index >= 15 is 0 Å². The fourth-order valence-corrected chi connectivity index (χ4v) is 2.74. The molecular weight excluding hydrogens is 379 g/mol. The van der Waals surface area contributed by atoms with Crippen LogP contribution in [0.1, 0.15) is 21.5 Å². The molecule has 137 valence electrons. The van der Waals surface area contributed by atoms with Crippen LogP contribution in [0, 0.1) is 0 Å². The first-order valence-corrected chi connectivity index (χ1v) is 8.05. The van der Waals surface area contributed by atoms with Crippen molar-refractivity contribution < 1.29 is 34.4 Å². The summed E-state index contributed by atoms with van der Waals surface area (Å²) in [5.41, 5.74) is 1.89. The molecule has 7 nitrogen and oxygen atoms in total. The van der Waals surface area contributed by atoms with Crippen molar-refractivity contribution in [2.45, 2.75) is 24.7 Å². The first kappa shape index (κ1) is 22.2. The number of carbonyl (C=O) groups is 2. The molecule has 1 heterocycles. The van der Waals surface area contributed by atoms with E-state index in [9.17, 15) is 24.9 Å². The number of aliphatic hydroxyl groups is 3. The Balaban J connectivity index is 0.00000261. The smallest absolute Gasteiger partial charge is 0.338 e. The van der Waals surface area contributed by atoms with Gasteiger partial charge in [-0.1, -0.05) is 24.3 Å². The van der Waals surface area contributed by atoms with Crippen LogP contribution >= 0.6 is 0 Å². The number of benzene rings is 2. The predicted octanol–water partition coefficient (Wildman–Crippen LogP) is 0.441. The molecule has 3 N–H and O–H groups in total. The van der Waals surface area contributed by atoms with E-state index in [1.54, 1.807) is 18.2 Å². The molecule has 0 aromatic heterocycles. The second kappa shape index (κ2) is 9.90. The maximum Gasteiger partial charge on any atom is 0.338 e. The van der Waals surface area contributed by atoms with Crippen LogP contribution in [-0.4, -0.2) is 104 Å². The van der Waals surface area contributed by atoms with Gasteiger partial charge in [-0.15, -0.1) is 0 Å². The molecule has 0 saturated carbocycles. The third kappa shape index (κ3) is 5.04. The van der Waals surface area contributed by atoms with Crippen molar-refractivity contribution >= 4 is 63.6 Å². The van der Waals surface area contributed by atoms with Crippen LogP contribution in [0.15, 0.2) is 42.5 Å². The van der Waals surface area contributed by atoms with Gasteiger partial charge in [0.25, 0.3) is 0 Å². The topological polar surface area (TPSA) is 113 Å². The zero-order chi connectivity index (χ0) is 18.7. The molecule has 8 heteroatoms. The van der Waals surface area contributed by atoms with E-state index < -0.39 is 30.9 Å². The number of rotatable bonds is 6. The average Bonchev–Trinajstić information content (AvgIpc) is 2.68. The van der Waals surface area contributed by atoms with E-state index in [1.165, 1.54) is 0 Å². The minimum atomic E-state index is -1.75. The molecule has 0 aliphatic carbocycles. The van der Waals surface area contributed by atoms with Crippen molar-refractivity contribution in [2.75, 3.05) is 6.61 Å². The van der Waals surface area contributed by atoms with Crippen molar-refractivity contribution in [3.8, 4) is 11.5 Å². The van der Waals surface area contributed by atoms with Crippen molar-refractivity contribution in [2.24, 2.45) is 0 Å². The Hall–Kier alpha value is -1.10. The molecule has 0 unspecified atom stereocenters. The third-order valence-corrected chi connectivity index (χ3v) is 4.18. The Morgan fingerprint density at radius 2 is 1.81 bits per heavy atom. The predicted molar refractivity (Wildman–Crippen MR) is 95.9 cm³/mol. The fourth-order valence-electron chi connectivity index (χ4n) is 2.74. The van der Waals surface area contributed by atoms with Crippen LogP contribution in [0.4, 0.5) is 0 Å². The van der Waals surface area contributed by atoms with Gasteiger partial charge in [-0.25, -0.2) is 4.79 Å². The van der Waals surface area contributed by atoms with Crippen LogP contribution in [0.5, 0.6) is 11.5 Å². The van der Waals surface area contributed by atoms with Gasteiger partial charge in [0, 0.05) is 63.4 Å². The van der Waals surface area contributed by atoms with Gasteiger partial charge in [0.05, 0.1) is 5.56 Å². The van der Waals surface area contributed by atoms with E-state index in [4.69, 9.17) is 9.47 Å². The number of para-hydroxylation sites is 1. The molecule has 0 amide bonds. The van der Waals surface area contributed by atoms with Crippen LogP contribution in [0.25, 0.3) is 0 Å².